The van der Waals surface area contributed by atoms with Gasteiger partial charge in [-0.05, 0) is 32.1 Å². The van der Waals surface area contributed by atoms with E-state index in [1.165, 1.54) is 0 Å². The van der Waals surface area contributed by atoms with Crippen LogP contribution >= 0.6 is 0 Å². The molecule has 0 aromatic carbocycles. The summed E-state index contributed by atoms with van der Waals surface area (Å²) in [5, 5.41) is 19.2. The van der Waals surface area contributed by atoms with Crippen LogP contribution in [-0.2, 0) is 0 Å². The van der Waals surface area contributed by atoms with Crippen molar-refractivity contribution in [2.45, 2.75) is 37.9 Å². The van der Waals surface area contributed by atoms with Crippen LogP contribution in [0.5, 0.6) is 0 Å². The number of rotatable bonds is 0. The van der Waals surface area contributed by atoms with Gasteiger partial charge in [0.05, 0.1) is 11.7 Å². The van der Waals surface area contributed by atoms with Gasteiger partial charge < -0.3 is 10.2 Å². The van der Waals surface area contributed by atoms with Gasteiger partial charge >= 0.3 is 0 Å². The van der Waals surface area contributed by atoms with Crippen LogP contribution in [0.1, 0.15) is 26.2 Å². The normalized spacial score (nSPS) is 59.7. The molecule has 2 nitrogen and oxygen atoms in total. The smallest absolute Gasteiger partial charge is 0.0701 e. The van der Waals surface area contributed by atoms with Crippen molar-refractivity contribution in [1.29, 1.82) is 0 Å². The third-order valence-corrected chi connectivity index (χ3v) is 3.39. The van der Waals surface area contributed by atoms with E-state index in [2.05, 4.69) is 0 Å². The second-order valence-corrected chi connectivity index (χ2v) is 3.91. The molecule has 2 bridgehead atoms. The van der Waals surface area contributed by atoms with E-state index in [0.29, 0.717) is 5.92 Å². The lowest BCUT2D eigenvalue weighted by atomic mass is 9.94. The quantitative estimate of drug-likeness (QED) is 0.518. The summed E-state index contributed by atoms with van der Waals surface area (Å²) in [7, 11) is 0. The first-order valence-electron chi connectivity index (χ1n) is 4.03. The highest BCUT2D eigenvalue weighted by Crippen LogP contribution is 2.51. The number of aliphatic hydroxyl groups is 2. The van der Waals surface area contributed by atoms with Gasteiger partial charge in [-0.15, -0.1) is 0 Å². The van der Waals surface area contributed by atoms with Gasteiger partial charge in [-0.2, -0.15) is 0 Å². The zero-order chi connectivity index (χ0) is 7.35. The minimum atomic E-state index is -0.556. The molecule has 4 unspecified atom stereocenters. The minimum absolute atomic E-state index is 0.164. The molecule has 0 aromatic rings. The van der Waals surface area contributed by atoms with Gasteiger partial charge in [-0.3, -0.25) is 0 Å². The number of aliphatic hydroxyl groups excluding tert-OH is 1. The Morgan fingerprint density at radius 1 is 1.40 bits per heavy atom. The summed E-state index contributed by atoms with van der Waals surface area (Å²) in [6.45, 7) is 1.87. The highest BCUT2D eigenvalue weighted by molar-refractivity contribution is 5.05. The average Bonchev–Trinajstić information content (AvgIpc) is 2.20. The van der Waals surface area contributed by atoms with E-state index in [1.807, 2.05) is 6.92 Å². The Hall–Kier alpha value is -0.0800. The van der Waals surface area contributed by atoms with Crippen molar-refractivity contribution in [3.8, 4) is 0 Å². The van der Waals surface area contributed by atoms with Crippen LogP contribution in [0.3, 0.4) is 0 Å². The summed E-state index contributed by atoms with van der Waals surface area (Å²) in [5.74, 6) is 0.532. The molecular weight excluding hydrogens is 128 g/mol. The van der Waals surface area contributed by atoms with Crippen molar-refractivity contribution in [2.75, 3.05) is 0 Å². The number of hydrogen-bond donors (Lipinski definition) is 2. The summed E-state index contributed by atoms with van der Waals surface area (Å²) in [4.78, 5) is 0. The van der Waals surface area contributed by atoms with Crippen molar-refractivity contribution in [3.05, 3.63) is 0 Å². The molecule has 2 N–H and O–H groups in total. The lowest BCUT2D eigenvalue weighted by Crippen LogP contribution is -2.32. The molecule has 2 aliphatic rings. The summed E-state index contributed by atoms with van der Waals surface area (Å²) in [6.07, 6.45) is 2.71. The number of fused-ring (bicyclic) bond motifs is 2. The first kappa shape index (κ1) is 6.62. The Morgan fingerprint density at radius 3 is 2.30 bits per heavy atom. The van der Waals surface area contributed by atoms with Gasteiger partial charge in [-0.25, -0.2) is 0 Å². The molecule has 10 heavy (non-hydrogen) atoms. The van der Waals surface area contributed by atoms with Crippen molar-refractivity contribution in [2.24, 2.45) is 11.8 Å². The second-order valence-electron chi connectivity index (χ2n) is 3.91. The van der Waals surface area contributed by atoms with E-state index >= 15 is 0 Å². The van der Waals surface area contributed by atoms with Gasteiger partial charge in [0.25, 0.3) is 0 Å². The number of hydrogen-bond acceptors (Lipinski definition) is 2. The van der Waals surface area contributed by atoms with Crippen LogP contribution in [0.25, 0.3) is 0 Å². The van der Waals surface area contributed by atoms with Crippen LogP contribution in [0.15, 0.2) is 0 Å². The Labute approximate surface area is 60.9 Å². The van der Waals surface area contributed by atoms with Crippen molar-refractivity contribution < 1.29 is 10.2 Å². The first-order chi connectivity index (χ1) is 4.62. The lowest BCUT2D eigenvalue weighted by Gasteiger charge is -2.22. The fourth-order valence-electron chi connectivity index (χ4n) is 2.66. The molecule has 0 spiro atoms. The van der Waals surface area contributed by atoms with Gasteiger partial charge in [-0.1, -0.05) is 0 Å². The van der Waals surface area contributed by atoms with Crippen molar-refractivity contribution >= 4 is 0 Å². The van der Waals surface area contributed by atoms with E-state index in [9.17, 15) is 10.2 Å². The molecule has 0 saturated heterocycles. The van der Waals surface area contributed by atoms with Crippen LogP contribution < -0.4 is 0 Å². The molecule has 2 saturated carbocycles. The van der Waals surface area contributed by atoms with E-state index < -0.39 is 5.60 Å². The molecule has 0 aromatic heterocycles. The van der Waals surface area contributed by atoms with Crippen LogP contribution in [0.2, 0.25) is 0 Å². The molecule has 2 fully saturated rings. The molecule has 2 aliphatic carbocycles. The maximum atomic E-state index is 9.80. The van der Waals surface area contributed by atoms with Gasteiger partial charge in [0, 0.05) is 5.92 Å². The average molecular weight is 142 g/mol. The summed E-state index contributed by atoms with van der Waals surface area (Å²) in [5.41, 5.74) is -0.556. The van der Waals surface area contributed by atoms with E-state index in [-0.39, 0.29) is 12.0 Å². The standard InChI is InChI=1S/C8H14O2/c1-8(10)5-2-3-6(8)7(9)4-5/h5-7,9-10H,2-4H2,1H3. The van der Waals surface area contributed by atoms with E-state index in [4.69, 9.17) is 0 Å². The van der Waals surface area contributed by atoms with Gasteiger partial charge in [0.15, 0.2) is 0 Å². The third-order valence-electron chi connectivity index (χ3n) is 3.39. The molecular formula is C8H14O2. The zero-order valence-corrected chi connectivity index (χ0v) is 6.25. The molecule has 0 heterocycles. The van der Waals surface area contributed by atoms with E-state index in [1.54, 1.807) is 0 Å². The monoisotopic (exact) mass is 142 g/mol. The minimum Gasteiger partial charge on any atom is -0.393 e. The Balaban J connectivity index is 2.27. The molecule has 0 radical (unpaired) electrons. The van der Waals surface area contributed by atoms with Gasteiger partial charge in [0.2, 0.25) is 0 Å². The largest absolute Gasteiger partial charge is 0.393 e. The molecule has 0 aliphatic heterocycles. The highest BCUT2D eigenvalue weighted by Gasteiger charge is 2.54. The predicted molar refractivity (Wildman–Crippen MR) is 37.5 cm³/mol. The molecule has 2 heteroatoms. The van der Waals surface area contributed by atoms with Gasteiger partial charge in [0.1, 0.15) is 0 Å². The van der Waals surface area contributed by atoms with Crippen LogP contribution in [0, 0.1) is 11.8 Å². The third kappa shape index (κ3) is 0.611. The molecule has 0 amide bonds. The maximum absolute atomic E-state index is 9.80. The van der Waals surface area contributed by atoms with Crippen LogP contribution in [-0.4, -0.2) is 21.9 Å². The van der Waals surface area contributed by atoms with Crippen molar-refractivity contribution in [1.82, 2.24) is 0 Å². The first-order valence-corrected chi connectivity index (χ1v) is 4.03. The molecule has 58 valence electrons. The lowest BCUT2D eigenvalue weighted by molar-refractivity contribution is -0.00640. The molecule has 4 atom stereocenters. The fraction of sp³-hybridized carbons (Fsp3) is 1.00. The Morgan fingerprint density at radius 2 is 2.10 bits per heavy atom. The zero-order valence-electron chi connectivity index (χ0n) is 6.25. The SMILES string of the molecule is CC1(O)C2CCC1C(O)C2. The summed E-state index contributed by atoms with van der Waals surface area (Å²) < 4.78 is 0. The highest BCUT2D eigenvalue weighted by atomic mass is 16.3. The predicted octanol–water partition coefficient (Wildman–Crippen LogP) is 0.528. The summed E-state index contributed by atoms with van der Waals surface area (Å²) >= 11 is 0. The topological polar surface area (TPSA) is 40.5 Å². The van der Waals surface area contributed by atoms with Crippen LogP contribution in [0.4, 0.5) is 0 Å². The Bertz CT molecular complexity index is 153. The maximum Gasteiger partial charge on any atom is 0.0701 e. The molecule has 2 rings (SSSR count). The fourth-order valence-corrected chi connectivity index (χ4v) is 2.66. The van der Waals surface area contributed by atoms with E-state index in [0.717, 1.165) is 19.3 Å². The van der Waals surface area contributed by atoms with Crippen molar-refractivity contribution in [3.63, 3.8) is 0 Å². The summed E-state index contributed by atoms with van der Waals surface area (Å²) in [6, 6.07) is 0. The Kier molecular flexibility index (Phi) is 1.15. The second kappa shape index (κ2) is 1.74.